The van der Waals surface area contributed by atoms with Crippen molar-refractivity contribution in [3.05, 3.63) is 47.2 Å². The topological polar surface area (TPSA) is 53.4 Å². The van der Waals surface area contributed by atoms with Gasteiger partial charge in [-0.05, 0) is 19.5 Å². The predicted octanol–water partition coefficient (Wildman–Crippen LogP) is 3.24. The molecule has 1 saturated heterocycles. The number of likely N-dealkylation sites (N-methyl/N-ethyl adjacent to an activating group) is 1. The minimum Gasteiger partial charge on any atom is -0.363 e. The molecule has 1 fully saturated rings. The van der Waals surface area contributed by atoms with Crippen LogP contribution in [0.1, 0.15) is 40.1 Å². The zero-order valence-corrected chi connectivity index (χ0v) is 16.4. The van der Waals surface area contributed by atoms with Gasteiger partial charge in [-0.25, -0.2) is 4.68 Å². The fraction of sp³-hybridized carbons (Fsp3) is 0.500. The highest BCUT2D eigenvalue weighted by atomic mass is 19.4. The average molecular weight is 407 g/mol. The molecule has 3 heterocycles. The summed E-state index contributed by atoms with van der Waals surface area (Å²) >= 11 is 0. The third kappa shape index (κ3) is 3.96. The van der Waals surface area contributed by atoms with E-state index in [4.69, 9.17) is 0 Å². The molecule has 2 aliphatic rings. The molecule has 1 N–H and O–H groups in total. The summed E-state index contributed by atoms with van der Waals surface area (Å²) in [5.41, 5.74) is 1.88. The molecule has 2 unspecified atom stereocenters. The minimum atomic E-state index is -4.46. The summed E-state index contributed by atoms with van der Waals surface area (Å²) in [6, 6.07) is 6.60. The van der Waals surface area contributed by atoms with E-state index in [-0.39, 0.29) is 23.8 Å². The normalized spacial score (nSPS) is 22.9. The third-order valence-corrected chi connectivity index (χ3v) is 5.68. The smallest absolute Gasteiger partial charge is 0.363 e. The van der Waals surface area contributed by atoms with Gasteiger partial charge in [-0.15, -0.1) is 0 Å². The van der Waals surface area contributed by atoms with Crippen LogP contribution in [0.2, 0.25) is 0 Å². The van der Waals surface area contributed by atoms with E-state index in [1.165, 1.54) is 6.07 Å². The first-order chi connectivity index (χ1) is 13.7. The summed E-state index contributed by atoms with van der Waals surface area (Å²) in [6.45, 7) is 4.48. The second-order valence-corrected chi connectivity index (χ2v) is 7.86. The number of fused-ring (bicyclic) bond motifs is 1. The van der Waals surface area contributed by atoms with Crippen molar-refractivity contribution in [3.63, 3.8) is 0 Å². The highest BCUT2D eigenvalue weighted by molar-refractivity contribution is 5.93. The van der Waals surface area contributed by atoms with Crippen LogP contribution in [0.5, 0.6) is 0 Å². The largest absolute Gasteiger partial charge is 0.410 e. The Morgan fingerprint density at radius 2 is 1.79 bits per heavy atom. The first-order valence-corrected chi connectivity index (χ1v) is 9.69. The first-order valence-electron chi connectivity index (χ1n) is 9.69. The van der Waals surface area contributed by atoms with Crippen LogP contribution in [0.4, 0.5) is 19.0 Å². The lowest BCUT2D eigenvalue weighted by atomic mass is 9.96. The number of benzene rings is 1. The number of amides is 1. The zero-order valence-electron chi connectivity index (χ0n) is 16.4. The maximum atomic E-state index is 13.8. The molecule has 1 aromatic heterocycles. The van der Waals surface area contributed by atoms with Gasteiger partial charge in [0.1, 0.15) is 5.82 Å². The van der Waals surface area contributed by atoms with Crippen molar-refractivity contribution in [2.45, 2.75) is 31.6 Å². The van der Waals surface area contributed by atoms with Crippen LogP contribution in [0, 0.1) is 6.92 Å². The van der Waals surface area contributed by atoms with E-state index < -0.39 is 18.3 Å². The standard InChI is InChI=1S/C20H24F3N5O/c1-13-3-5-14(6-4-13)15-11-17(20(21,22)23)28-18(24-15)12-16(25-28)19(29)27-9-7-26(2)8-10-27/h3-6,12,15,17,24H,7-11H2,1-2H3. The van der Waals surface area contributed by atoms with Crippen molar-refractivity contribution >= 4 is 11.7 Å². The van der Waals surface area contributed by atoms with Crippen LogP contribution in [0.25, 0.3) is 0 Å². The van der Waals surface area contributed by atoms with Gasteiger partial charge in [0.05, 0.1) is 6.04 Å². The molecule has 0 aliphatic carbocycles. The zero-order chi connectivity index (χ0) is 20.8. The molecule has 1 aromatic carbocycles. The van der Waals surface area contributed by atoms with E-state index in [1.54, 1.807) is 4.90 Å². The predicted molar refractivity (Wildman–Crippen MR) is 103 cm³/mol. The van der Waals surface area contributed by atoms with Crippen LogP contribution in [-0.4, -0.2) is 64.9 Å². The SMILES string of the molecule is Cc1ccc(C2CC(C(F)(F)F)n3nc(C(=O)N4CCN(C)CC4)cc3N2)cc1. The monoisotopic (exact) mass is 407 g/mol. The Hall–Kier alpha value is -2.55. The number of aromatic nitrogens is 2. The molecule has 156 valence electrons. The molecule has 4 rings (SSSR count). The Kier molecular flexibility index (Phi) is 5.02. The van der Waals surface area contributed by atoms with E-state index in [9.17, 15) is 18.0 Å². The lowest BCUT2D eigenvalue weighted by Gasteiger charge is -2.33. The summed E-state index contributed by atoms with van der Waals surface area (Å²) in [7, 11) is 1.97. The molecule has 29 heavy (non-hydrogen) atoms. The number of hydrogen-bond donors (Lipinski definition) is 1. The highest BCUT2D eigenvalue weighted by Gasteiger charge is 2.47. The van der Waals surface area contributed by atoms with E-state index in [0.717, 1.165) is 28.9 Å². The molecule has 0 saturated carbocycles. The summed E-state index contributed by atoms with van der Waals surface area (Å²) in [4.78, 5) is 16.5. The van der Waals surface area contributed by atoms with Gasteiger partial charge in [-0.3, -0.25) is 4.79 Å². The van der Waals surface area contributed by atoms with Crippen molar-refractivity contribution in [2.24, 2.45) is 0 Å². The molecule has 0 bridgehead atoms. The molecule has 9 heteroatoms. The van der Waals surface area contributed by atoms with Gasteiger partial charge in [0, 0.05) is 38.7 Å². The van der Waals surface area contributed by atoms with Crippen LogP contribution in [0.15, 0.2) is 30.3 Å². The molecule has 2 atom stereocenters. The van der Waals surface area contributed by atoms with Crippen molar-refractivity contribution in [3.8, 4) is 0 Å². The Balaban J connectivity index is 1.63. The van der Waals surface area contributed by atoms with Gasteiger partial charge in [0.25, 0.3) is 5.91 Å². The Labute approximate surface area is 167 Å². The summed E-state index contributed by atoms with van der Waals surface area (Å²) in [5, 5.41) is 7.21. The quantitative estimate of drug-likeness (QED) is 0.831. The van der Waals surface area contributed by atoms with Crippen LogP contribution in [0.3, 0.4) is 0 Å². The Morgan fingerprint density at radius 1 is 1.14 bits per heavy atom. The van der Waals surface area contributed by atoms with Gasteiger partial charge in [-0.2, -0.15) is 18.3 Å². The van der Waals surface area contributed by atoms with Crippen LogP contribution >= 0.6 is 0 Å². The highest BCUT2D eigenvalue weighted by Crippen LogP contribution is 2.43. The van der Waals surface area contributed by atoms with Crippen LogP contribution in [-0.2, 0) is 0 Å². The second-order valence-electron chi connectivity index (χ2n) is 7.86. The van der Waals surface area contributed by atoms with Gasteiger partial charge in [0.2, 0.25) is 0 Å². The number of carbonyl (C=O) groups is 1. The van der Waals surface area contributed by atoms with Crippen molar-refractivity contribution in [1.82, 2.24) is 19.6 Å². The maximum Gasteiger partial charge on any atom is 0.410 e. The number of hydrogen-bond acceptors (Lipinski definition) is 4. The molecule has 1 amide bonds. The summed E-state index contributed by atoms with van der Waals surface area (Å²) in [6.07, 6.45) is -4.64. The first kappa shape index (κ1) is 19.8. The molecule has 6 nitrogen and oxygen atoms in total. The van der Waals surface area contributed by atoms with Gasteiger partial charge in [0.15, 0.2) is 11.7 Å². The van der Waals surface area contributed by atoms with E-state index in [1.807, 2.05) is 38.2 Å². The van der Waals surface area contributed by atoms with Crippen LogP contribution < -0.4 is 5.32 Å². The molecule has 2 aliphatic heterocycles. The molecule has 0 spiro atoms. The number of piperazine rings is 1. The lowest BCUT2D eigenvalue weighted by Crippen LogP contribution is -2.47. The number of rotatable bonds is 2. The number of alkyl halides is 3. The fourth-order valence-corrected chi connectivity index (χ4v) is 3.87. The van der Waals surface area contributed by atoms with Crippen molar-refractivity contribution in [1.29, 1.82) is 0 Å². The third-order valence-electron chi connectivity index (χ3n) is 5.68. The molecule has 2 aromatic rings. The molecular weight excluding hydrogens is 383 g/mol. The summed E-state index contributed by atoms with van der Waals surface area (Å²) in [5.74, 6) is -0.101. The summed E-state index contributed by atoms with van der Waals surface area (Å²) < 4.78 is 42.3. The fourth-order valence-electron chi connectivity index (χ4n) is 3.87. The van der Waals surface area contributed by atoms with Gasteiger partial charge >= 0.3 is 6.18 Å². The lowest BCUT2D eigenvalue weighted by molar-refractivity contribution is -0.173. The van der Waals surface area contributed by atoms with E-state index in [0.29, 0.717) is 13.1 Å². The van der Waals surface area contributed by atoms with E-state index >= 15 is 0 Å². The minimum absolute atomic E-state index is 0.0517. The number of halogens is 3. The Bertz CT molecular complexity index is 885. The number of anilines is 1. The maximum absolute atomic E-state index is 13.8. The molecular formula is C20H24F3N5O. The Morgan fingerprint density at radius 3 is 2.41 bits per heavy atom. The second kappa shape index (κ2) is 7.37. The van der Waals surface area contributed by atoms with Gasteiger partial charge in [-0.1, -0.05) is 29.8 Å². The van der Waals surface area contributed by atoms with E-state index in [2.05, 4.69) is 15.3 Å². The number of nitrogens with one attached hydrogen (secondary N) is 1. The van der Waals surface area contributed by atoms with Crippen molar-refractivity contribution < 1.29 is 18.0 Å². The average Bonchev–Trinajstić information content (AvgIpc) is 3.11. The van der Waals surface area contributed by atoms with Gasteiger partial charge < -0.3 is 15.1 Å². The van der Waals surface area contributed by atoms with Crippen molar-refractivity contribution in [2.75, 3.05) is 38.5 Å². The number of nitrogens with zero attached hydrogens (tertiary/aromatic N) is 4. The number of carbonyl (C=O) groups excluding carboxylic acids is 1. The molecule has 0 radical (unpaired) electrons. The number of aryl methyl sites for hydroxylation is 1.